The van der Waals surface area contributed by atoms with Crippen LogP contribution in [0, 0.1) is 5.92 Å². The molecule has 98 valence electrons. The summed E-state index contributed by atoms with van der Waals surface area (Å²) in [5.41, 5.74) is 2.74. The van der Waals surface area contributed by atoms with E-state index in [9.17, 15) is 4.79 Å². The van der Waals surface area contributed by atoms with E-state index in [4.69, 9.17) is 0 Å². The lowest BCUT2D eigenvalue weighted by Crippen LogP contribution is -2.52. The van der Waals surface area contributed by atoms with Gasteiger partial charge in [-0.3, -0.25) is 14.4 Å². The van der Waals surface area contributed by atoms with E-state index in [0.717, 1.165) is 25.6 Å². The summed E-state index contributed by atoms with van der Waals surface area (Å²) in [4.78, 5) is 13.7. The van der Waals surface area contributed by atoms with Crippen LogP contribution >= 0.6 is 0 Å². The second kappa shape index (κ2) is 4.39. The van der Waals surface area contributed by atoms with Crippen molar-refractivity contribution in [2.75, 3.05) is 20.1 Å². The fourth-order valence-electron chi connectivity index (χ4n) is 2.81. The monoisotopic (exact) mass is 248 g/mol. The molecular formula is C13H20N4O. The van der Waals surface area contributed by atoms with Crippen LogP contribution in [0.1, 0.15) is 30.0 Å². The van der Waals surface area contributed by atoms with Crippen LogP contribution in [0.3, 0.4) is 0 Å². The number of hydrogen-bond donors (Lipinski definition) is 1. The largest absolute Gasteiger partial charge is 0.359 e. The summed E-state index contributed by atoms with van der Waals surface area (Å²) in [6.45, 7) is 2.69. The Bertz CT molecular complexity index is 458. The lowest BCUT2D eigenvalue weighted by Gasteiger charge is -2.37. The number of aromatic nitrogens is 2. The zero-order valence-corrected chi connectivity index (χ0v) is 11.0. The highest BCUT2D eigenvalue weighted by Gasteiger charge is 2.34. The third-order valence-electron chi connectivity index (χ3n) is 4.00. The molecule has 5 nitrogen and oxygen atoms in total. The molecule has 2 heterocycles. The molecule has 0 atom stereocenters. The molecule has 1 N–H and O–H groups in total. The lowest BCUT2D eigenvalue weighted by atomic mass is 9.98. The van der Waals surface area contributed by atoms with E-state index < -0.39 is 0 Å². The molecule has 1 aliphatic carbocycles. The van der Waals surface area contributed by atoms with Crippen LogP contribution in [0.15, 0.2) is 6.20 Å². The predicted octanol–water partition coefficient (Wildman–Crippen LogP) is 0.475. The van der Waals surface area contributed by atoms with Gasteiger partial charge in [0.25, 0.3) is 0 Å². The third kappa shape index (κ3) is 2.03. The van der Waals surface area contributed by atoms with E-state index in [2.05, 4.69) is 15.3 Å². The molecule has 0 radical (unpaired) electrons. The van der Waals surface area contributed by atoms with Gasteiger partial charge in [0.15, 0.2) is 0 Å². The van der Waals surface area contributed by atoms with Gasteiger partial charge in [0, 0.05) is 50.9 Å². The summed E-state index contributed by atoms with van der Waals surface area (Å²) in [5.74, 6) is 1.07. The van der Waals surface area contributed by atoms with Crippen LogP contribution in [-0.4, -0.2) is 40.7 Å². The Kier molecular flexibility index (Phi) is 2.86. The Morgan fingerprint density at radius 1 is 1.50 bits per heavy atom. The van der Waals surface area contributed by atoms with Crippen molar-refractivity contribution in [1.82, 2.24) is 20.0 Å². The van der Waals surface area contributed by atoms with E-state index >= 15 is 0 Å². The highest BCUT2D eigenvalue weighted by molar-refractivity contribution is 5.79. The summed E-state index contributed by atoms with van der Waals surface area (Å²) < 4.78 is 2.02. The van der Waals surface area contributed by atoms with Gasteiger partial charge >= 0.3 is 0 Å². The molecule has 1 aromatic heterocycles. The molecule has 1 aliphatic heterocycles. The Morgan fingerprint density at radius 3 is 2.83 bits per heavy atom. The van der Waals surface area contributed by atoms with Crippen molar-refractivity contribution >= 4 is 5.91 Å². The average molecular weight is 248 g/mol. The first-order valence-electron chi connectivity index (χ1n) is 6.63. The number of amides is 1. The van der Waals surface area contributed by atoms with Crippen LogP contribution in [0.5, 0.6) is 0 Å². The molecule has 0 spiro atoms. The number of hydrogen-bond acceptors (Lipinski definition) is 3. The van der Waals surface area contributed by atoms with Crippen molar-refractivity contribution in [2.45, 2.75) is 25.3 Å². The summed E-state index contributed by atoms with van der Waals surface area (Å²) in [6, 6.07) is 0. The van der Waals surface area contributed by atoms with Crippen molar-refractivity contribution in [1.29, 1.82) is 0 Å². The molecule has 3 rings (SSSR count). The maximum absolute atomic E-state index is 11.4. The van der Waals surface area contributed by atoms with Crippen molar-refractivity contribution in [3.05, 3.63) is 17.5 Å². The van der Waals surface area contributed by atoms with Gasteiger partial charge in [-0.05, 0) is 12.8 Å². The van der Waals surface area contributed by atoms with E-state index in [1.807, 2.05) is 17.9 Å². The number of carbonyl (C=O) groups excluding carboxylic acids is 1. The first-order chi connectivity index (χ1) is 8.69. The Morgan fingerprint density at radius 2 is 2.22 bits per heavy atom. The van der Waals surface area contributed by atoms with Gasteiger partial charge in [-0.2, -0.15) is 5.10 Å². The predicted molar refractivity (Wildman–Crippen MR) is 68.0 cm³/mol. The van der Waals surface area contributed by atoms with Gasteiger partial charge in [-0.15, -0.1) is 0 Å². The maximum Gasteiger partial charge on any atom is 0.225 e. The maximum atomic E-state index is 11.4. The number of likely N-dealkylation sites (tertiary alicyclic amines) is 1. The third-order valence-corrected chi connectivity index (χ3v) is 4.00. The minimum atomic E-state index is 0.167. The average Bonchev–Trinajstić information content (AvgIpc) is 3.07. The number of carbonyl (C=O) groups is 1. The van der Waals surface area contributed by atoms with Crippen LogP contribution in [-0.2, 0) is 18.4 Å². The second-order valence-corrected chi connectivity index (χ2v) is 5.46. The quantitative estimate of drug-likeness (QED) is 0.843. The number of aryl methyl sites for hydroxylation is 1. The molecule has 2 aliphatic rings. The van der Waals surface area contributed by atoms with Gasteiger partial charge < -0.3 is 5.32 Å². The molecule has 0 unspecified atom stereocenters. The minimum absolute atomic E-state index is 0.167. The van der Waals surface area contributed by atoms with Crippen LogP contribution in [0.25, 0.3) is 0 Å². The molecule has 1 saturated heterocycles. The highest BCUT2D eigenvalue weighted by atomic mass is 16.1. The van der Waals surface area contributed by atoms with Crippen molar-refractivity contribution in [3.63, 3.8) is 0 Å². The summed E-state index contributed by atoms with van der Waals surface area (Å²) in [5, 5.41) is 7.08. The zero-order valence-electron chi connectivity index (χ0n) is 11.0. The van der Waals surface area contributed by atoms with E-state index in [1.165, 1.54) is 24.1 Å². The molecule has 18 heavy (non-hydrogen) atoms. The van der Waals surface area contributed by atoms with Gasteiger partial charge in [-0.1, -0.05) is 0 Å². The van der Waals surface area contributed by atoms with E-state index in [-0.39, 0.29) is 11.8 Å². The first-order valence-corrected chi connectivity index (χ1v) is 6.63. The van der Waals surface area contributed by atoms with E-state index in [1.54, 1.807) is 7.05 Å². The fraction of sp³-hybridized carbons (Fsp3) is 0.692. The molecule has 0 bridgehead atoms. The first kappa shape index (κ1) is 11.7. The molecule has 1 saturated carbocycles. The minimum Gasteiger partial charge on any atom is -0.359 e. The number of nitrogens with zero attached hydrogens (tertiary/aromatic N) is 3. The van der Waals surface area contributed by atoms with Crippen LogP contribution in [0.2, 0.25) is 0 Å². The lowest BCUT2D eigenvalue weighted by molar-refractivity contribution is -0.129. The number of rotatable bonds is 4. The molecule has 0 aromatic carbocycles. The van der Waals surface area contributed by atoms with Crippen LogP contribution in [0.4, 0.5) is 0 Å². The van der Waals surface area contributed by atoms with E-state index in [0.29, 0.717) is 0 Å². The van der Waals surface area contributed by atoms with Crippen molar-refractivity contribution in [2.24, 2.45) is 13.0 Å². The zero-order chi connectivity index (χ0) is 12.7. The van der Waals surface area contributed by atoms with Crippen molar-refractivity contribution < 1.29 is 4.79 Å². The normalized spacial score (nSPS) is 20.8. The smallest absolute Gasteiger partial charge is 0.225 e. The van der Waals surface area contributed by atoms with Gasteiger partial charge in [0.2, 0.25) is 5.91 Å². The highest BCUT2D eigenvalue weighted by Crippen LogP contribution is 2.41. The van der Waals surface area contributed by atoms with Crippen LogP contribution < -0.4 is 5.32 Å². The second-order valence-electron chi connectivity index (χ2n) is 5.46. The standard InChI is InChI=1S/C13H20N4O/c1-14-13(18)11-7-17(8-11)6-10-5-15-16(2)12(10)9-3-4-9/h5,9,11H,3-4,6-8H2,1-2H3,(H,14,18). The Balaban J connectivity index is 1.60. The fourth-order valence-corrected chi connectivity index (χ4v) is 2.81. The summed E-state index contributed by atoms with van der Waals surface area (Å²) in [7, 11) is 3.73. The Labute approximate surface area is 107 Å². The Hall–Kier alpha value is -1.36. The van der Waals surface area contributed by atoms with Gasteiger partial charge in [0.05, 0.1) is 12.1 Å². The topological polar surface area (TPSA) is 50.2 Å². The molecule has 1 amide bonds. The summed E-state index contributed by atoms with van der Waals surface area (Å²) in [6.07, 6.45) is 4.58. The molecule has 5 heteroatoms. The SMILES string of the molecule is CNC(=O)C1CN(Cc2cnn(C)c2C2CC2)C1. The molecular weight excluding hydrogens is 228 g/mol. The number of nitrogens with one attached hydrogen (secondary N) is 1. The van der Waals surface area contributed by atoms with Crippen molar-refractivity contribution in [3.8, 4) is 0 Å². The summed E-state index contributed by atoms with van der Waals surface area (Å²) >= 11 is 0. The van der Waals surface area contributed by atoms with Gasteiger partial charge in [0.1, 0.15) is 0 Å². The molecule has 2 fully saturated rings. The van der Waals surface area contributed by atoms with Gasteiger partial charge in [-0.25, -0.2) is 0 Å². The molecule has 1 aromatic rings.